The third kappa shape index (κ3) is 4.74. The summed E-state index contributed by atoms with van der Waals surface area (Å²) in [4.78, 5) is 12.1. The smallest absolute Gasteiger partial charge is 0.315 e. The molecule has 1 aliphatic heterocycles. The molecule has 2 N–H and O–H groups in total. The number of rotatable bonds is 5. The van der Waals surface area contributed by atoms with Gasteiger partial charge >= 0.3 is 6.03 Å². The predicted molar refractivity (Wildman–Crippen MR) is 103 cm³/mol. The van der Waals surface area contributed by atoms with Crippen LogP contribution in [0.1, 0.15) is 18.4 Å². The predicted octanol–water partition coefficient (Wildman–Crippen LogP) is 2.31. The SMILES string of the molecule is CS(=O)(=O)N1CCC(CNC(=O)NCc2cccc3ccccc23)CC1. The van der Waals surface area contributed by atoms with Crippen molar-refractivity contribution in [1.82, 2.24) is 14.9 Å². The molecule has 0 atom stereocenters. The lowest BCUT2D eigenvalue weighted by atomic mass is 9.98. The van der Waals surface area contributed by atoms with Gasteiger partial charge in [0.1, 0.15) is 0 Å². The Kier molecular flexibility index (Phi) is 5.78. The topological polar surface area (TPSA) is 78.5 Å². The fraction of sp³-hybridized carbons (Fsp3) is 0.421. The summed E-state index contributed by atoms with van der Waals surface area (Å²) in [5, 5.41) is 8.11. The van der Waals surface area contributed by atoms with E-state index in [1.54, 1.807) is 0 Å². The van der Waals surface area contributed by atoms with Crippen LogP contribution in [0.5, 0.6) is 0 Å². The maximum absolute atomic E-state index is 12.1. The highest BCUT2D eigenvalue weighted by Crippen LogP contribution is 2.19. The fourth-order valence-electron chi connectivity index (χ4n) is 3.37. The van der Waals surface area contributed by atoms with E-state index < -0.39 is 10.0 Å². The highest BCUT2D eigenvalue weighted by atomic mass is 32.2. The molecule has 2 aromatic rings. The number of piperidine rings is 1. The van der Waals surface area contributed by atoms with Crippen LogP contribution in [0.3, 0.4) is 0 Å². The molecule has 0 aromatic heterocycles. The molecule has 0 saturated carbocycles. The number of urea groups is 1. The second kappa shape index (κ2) is 8.05. The first-order valence-corrected chi connectivity index (χ1v) is 10.7. The van der Waals surface area contributed by atoms with Crippen LogP contribution in [-0.2, 0) is 16.6 Å². The van der Waals surface area contributed by atoms with Crippen LogP contribution in [0, 0.1) is 5.92 Å². The number of carbonyl (C=O) groups is 1. The van der Waals surface area contributed by atoms with Crippen molar-refractivity contribution in [3.8, 4) is 0 Å². The van der Waals surface area contributed by atoms with Crippen molar-refractivity contribution in [2.75, 3.05) is 25.9 Å². The average molecular weight is 375 g/mol. The van der Waals surface area contributed by atoms with Gasteiger partial charge in [-0.3, -0.25) is 0 Å². The standard InChI is InChI=1S/C19H25N3O3S/c1-26(24,25)22-11-9-15(10-12-22)13-20-19(23)21-14-17-7-4-6-16-5-2-3-8-18(16)17/h2-8,15H,9-14H2,1H3,(H2,20,21,23). The molecule has 140 valence electrons. The molecule has 0 unspecified atom stereocenters. The summed E-state index contributed by atoms with van der Waals surface area (Å²) < 4.78 is 24.5. The molecular weight excluding hydrogens is 350 g/mol. The molecule has 2 aromatic carbocycles. The van der Waals surface area contributed by atoms with E-state index in [0.29, 0.717) is 32.1 Å². The molecule has 0 radical (unpaired) electrons. The van der Waals surface area contributed by atoms with Gasteiger partial charge in [-0.2, -0.15) is 0 Å². The van der Waals surface area contributed by atoms with Crippen LogP contribution in [0.2, 0.25) is 0 Å². The van der Waals surface area contributed by atoms with E-state index in [4.69, 9.17) is 0 Å². The monoisotopic (exact) mass is 375 g/mol. The van der Waals surface area contributed by atoms with Crippen LogP contribution in [0.15, 0.2) is 42.5 Å². The molecular formula is C19H25N3O3S. The average Bonchev–Trinajstić information content (AvgIpc) is 2.64. The molecule has 6 nitrogen and oxygen atoms in total. The first-order chi connectivity index (χ1) is 12.4. The minimum Gasteiger partial charge on any atom is -0.338 e. The number of amides is 2. The van der Waals surface area contributed by atoms with Gasteiger partial charge in [0.25, 0.3) is 0 Å². The zero-order valence-corrected chi connectivity index (χ0v) is 15.8. The Bertz CT molecular complexity index is 869. The van der Waals surface area contributed by atoms with Gasteiger partial charge in [0, 0.05) is 26.2 Å². The zero-order valence-electron chi connectivity index (χ0n) is 14.9. The van der Waals surface area contributed by atoms with Crippen LogP contribution in [0.4, 0.5) is 4.79 Å². The number of sulfonamides is 1. The highest BCUT2D eigenvalue weighted by molar-refractivity contribution is 7.88. The maximum atomic E-state index is 12.1. The van der Waals surface area contributed by atoms with Crippen LogP contribution in [0.25, 0.3) is 10.8 Å². The van der Waals surface area contributed by atoms with Crippen molar-refractivity contribution in [3.63, 3.8) is 0 Å². The maximum Gasteiger partial charge on any atom is 0.315 e. The number of benzene rings is 2. The molecule has 1 heterocycles. The quantitative estimate of drug-likeness (QED) is 0.842. The van der Waals surface area contributed by atoms with Gasteiger partial charge in [-0.05, 0) is 35.1 Å². The van der Waals surface area contributed by atoms with Crippen molar-refractivity contribution in [1.29, 1.82) is 0 Å². The Labute approximate surface area is 154 Å². The third-order valence-electron chi connectivity index (χ3n) is 4.91. The van der Waals surface area contributed by atoms with Crippen LogP contribution in [-0.4, -0.2) is 44.6 Å². The van der Waals surface area contributed by atoms with E-state index in [1.165, 1.54) is 10.6 Å². The molecule has 0 bridgehead atoms. The fourth-order valence-corrected chi connectivity index (χ4v) is 4.24. The second-order valence-electron chi connectivity index (χ2n) is 6.81. The first kappa shape index (κ1) is 18.7. The lowest BCUT2D eigenvalue weighted by Crippen LogP contribution is -2.43. The van der Waals surface area contributed by atoms with Crippen LogP contribution < -0.4 is 10.6 Å². The molecule has 1 saturated heterocycles. The van der Waals surface area contributed by atoms with Gasteiger partial charge in [-0.15, -0.1) is 0 Å². The van der Waals surface area contributed by atoms with Gasteiger partial charge in [0.2, 0.25) is 10.0 Å². The van der Waals surface area contributed by atoms with E-state index in [2.05, 4.69) is 28.8 Å². The minimum atomic E-state index is -3.10. The van der Waals surface area contributed by atoms with Crippen LogP contribution >= 0.6 is 0 Å². The largest absolute Gasteiger partial charge is 0.338 e. The number of hydrogen-bond acceptors (Lipinski definition) is 3. The van der Waals surface area contributed by atoms with E-state index in [0.717, 1.165) is 29.2 Å². The van der Waals surface area contributed by atoms with Crippen molar-refractivity contribution in [2.24, 2.45) is 5.92 Å². The number of hydrogen-bond donors (Lipinski definition) is 2. The molecule has 3 rings (SSSR count). The van der Waals surface area contributed by atoms with Gasteiger partial charge in [-0.25, -0.2) is 17.5 Å². The lowest BCUT2D eigenvalue weighted by Gasteiger charge is -2.30. The molecule has 2 amide bonds. The first-order valence-electron chi connectivity index (χ1n) is 8.87. The van der Waals surface area contributed by atoms with E-state index in [9.17, 15) is 13.2 Å². The summed E-state index contributed by atoms with van der Waals surface area (Å²) in [5.74, 6) is 0.316. The summed E-state index contributed by atoms with van der Waals surface area (Å²) in [6.45, 7) is 2.10. The van der Waals surface area contributed by atoms with Crippen molar-refractivity contribution in [3.05, 3.63) is 48.0 Å². The van der Waals surface area contributed by atoms with Crippen molar-refractivity contribution >= 4 is 26.8 Å². The van der Waals surface area contributed by atoms with E-state index in [-0.39, 0.29) is 6.03 Å². The number of nitrogens with one attached hydrogen (secondary N) is 2. The van der Waals surface area contributed by atoms with Crippen molar-refractivity contribution in [2.45, 2.75) is 19.4 Å². The van der Waals surface area contributed by atoms with Crippen molar-refractivity contribution < 1.29 is 13.2 Å². The molecule has 0 spiro atoms. The summed E-state index contributed by atoms with van der Waals surface area (Å²) in [6, 6.07) is 14.0. The minimum absolute atomic E-state index is 0.191. The number of fused-ring (bicyclic) bond motifs is 1. The molecule has 0 aliphatic carbocycles. The molecule has 1 fully saturated rings. The molecule has 7 heteroatoms. The second-order valence-corrected chi connectivity index (χ2v) is 8.79. The van der Waals surface area contributed by atoms with E-state index >= 15 is 0 Å². The normalized spacial score (nSPS) is 16.5. The Morgan fingerprint density at radius 2 is 1.77 bits per heavy atom. The lowest BCUT2D eigenvalue weighted by molar-refractivity contribution is 0.231. The summed E-state index contributed by atoms with van der Waals surface area (Å²) in [7, 11) is -3.10. The summed E-state index contributed by atoms with van der Waals surface area (Å²) in [6.07, 6.45) is 2.79. The Balaban J connectivity index is 1.45. The van der Waals surface area contributed by atoms with Gasteiger partial charge in [-0.1, -0.05) is 42.5 Å². The highest BCUT2D eigenvalue weighted by Gasteiger charge is 2.24. The summed E-state index contributed by atoms with van der Waals surface area (Å²) >= 11 is 0. The number of nitrogens with zero attached hydrogens (tertiary/aromatic N) is 1. The Hall–Kier alpha value is -2.12. The zero-order chi connectivity index (χ0) is 18.6. The molecule has 26 heavy (non-hydrogen) atoms. The Morgan fingerprint density at radius 1 is 1.08 bits per heavy atom. The number of carbonyl (C=O) groups excluding carboxylic acids is 1. The van der Waals surface area contributed by atoms with Gasteiger partial charge < -0.3 is 10.6 Å². The van der Waals surface area contributed by atoms with Gasteiger partial charge in [0.15, 0.2) is 0 Å². The Morgan fingerprint density at radius 3 is 2.50 bits per heavy atom. The van der Waals surface area contributed by atoms with Gasteiger partial charge in [0.05, 0.1) is 6.26 Å². The molecule has 1 aliphatic rings. The van der Waals surface area contributed by atoms with E-state index in [1.807, 2.05) is 24.3 Å². The third-order valence-corrected chi connectivity index (χ3v) is 6.22. The summed E-state index contributed by atoms with van der Waals surface area (Å²) in [5.41, 5.74) is 1.08.